The maximum atomic E-state index is 13.8. The van der Waals surface area contributed by atoms with Crippen molar-refractivity contribution in [3.8, 4) is 0 Å². The second-order valence-electron chi connectivity index (χ2n) is 10.6. The molecule has 2 heterocycles. The summed E-state index contributed by atoms with van der Waals surface area (Å²) in [5.74, 6) is -4.52. The molecule has 1 aromatic heterocycles. The van der Waals surface area contributed by atoms with Crippen molar-refractivity contribution in [3.05, 3.63) is 89.6 Å². The molecule has 4 rings (SSSR count). The molecule has 44 heavy (non-hydrogen) atoms. The Bertz CT molecular complexity index is 1480. The molecule has 3 N–H and O–H groups in total. The molecule has 238 valence electrons. The Morgan fingerprint density at radius 1 is 1.07 bits per heavy atom. The molecule has 0 bridgehead atoms. The van der Waals surface area contributed by atoms with Crippen LogP contribution in [0.5, 0.6) is 0 Å². The number of nitrogens with zero attached hydrogens (tertiary/aromatic N) is 2. The molecule has 1 aliphatic rings. The van der Waals surface area contributed by atoms with E-state index in [0.29, 0.717) is 6.42 Å². The van der Waals surface area contributed by atoms with Gasteiger partial charge in [-0.1, -0.05) is 54.6 Å². The number of aryl methyl sites for hydroxylation is 1. The lowest BCUT2D eigenvalue weighted by molar-refractivity contribution is -0.209. The van der Waals surface area contributed by atoms with Gasteiger partial charge in [0, 0.05) is 19.5 Å². The van der Waals surface area contributed by atoms with Crippen LogP contribution in [0.1, 0.15) is 41.5 Å². The monoisotopic (exact) mass is 635 g/mol. The van der Waals surface area contributed by atoms with Crippen LogP contribution in [0.3, 0.4) is 0 Å². The third kappa shape index (κ3) is 9.39. The Hall–Kier alpha value is -3.72. The van der Waals surface area contributed by atoms with E-state index in [1.165, 1.54) is 29.5 Å². The van der Waals surface area contributed by atoms with E-state index in [2.05, 4.69) is 10.3 Å². The van der Waals surface area contributed by atoms with Gasteiger partial charge in [0.1, 0.15) is 6.26 Å². The number of morpholine rings is 1. The number of amides is 2. The first-order chi connectivity index (χ1) is 20.9. The lowest BCUT2D eigenvalue weighted by Crippen LogP contribution is -2.47. The van der Waals surface area contributed by atoms with Crippen LogP contribution >= 0.6 is 0 Å². The van der Waals surface area contributed by atoms with Gasteiger partial charge < -0.3 is 29.6 Å². The second kappa shape index (κ2) is 14.8. The van der Waals surface area contributed by atoms with E-state index in [9.17, 15) is 37.0 Å². The summed E-state index contributed by atoms with van der Waals surface area (Å²) < 4.78 is 64.8. The maximum Gasteiger partial charge on any atom is 0.381 e. The van der Waals surface area contributed by atoms with E-state index < -0.39 is 69.3 Å². The fraction of sp³-hybridized carbons (Fsp3) is 0.433. The lowest BCUT2D eigenvalue weighted by Gasteiger charge is -2.29. The van der Waals surface area contributed by atoms with E-state index in [0.717, 1.165) is 17.7 Å². The lowest BCUT2D eigenvalue weighted by atomic mass is 9.99. The minimum atomic E-state index is -4.29. The van der Waals surface area contributed by atoms with Crippen molar-refractivity contribution in [2.75, 3.05) is 32.1 Å². The Labute approximate surface area is 253 Å². The number of benzene rings is 2. The van der Waals surface area contributed by atoms with Gasteiger partial charge in [0.2, 0.25) is 17.7 Å². The molecule has 14 heteroatoms. The molecule has 0 spiro atoms. The van der Waals surface area contributed by atoms with Crippen LogP contribution in [0.15, 0.2) is 71.5 Å². The molecule has 0 saturated carbocycles. The first kappa shape index (κ1) is 33.2. The third-order valence-electron chi connectivity index (χ3n) is 7.33. The summed E-state index contributed by atoms with van der Waals surface area (Å²) in [7, 11) is -4.29. The largest absolute Gasteiger partial charge is 0.446 e. The first-order valence-corrected chi connectivity index (χ1v) is 15.9. The van der Waals surface area contributed by atoms with Gasteiger partial charge in [-0.15, -0.1) is 0 Å². The van der Waals surface area contributed by atoms with Crippen molar-refractivity contribution in [2.24, 2.45) is 5.92 Å². The number of halogens is 2. The number of aliphatic hydroxyl groups excluding tert-OH is 1. The average molecular weight is 636 g/mol. The summed E-state index contributed by atoms with van der Waals surface area (Å²) in [4.78, 5) is 32.3. The summed E-state index contributed by atoms with van der Waals surface area (Å²) >= 11 is 0. The number of hydrogen-bond donors (Lipinski definition) is 3. The van der Waals surface area contributed by atoms with Crippen LogP contribution in [-0.2, 0) is 42.4 Å². The Balaban J connectivity index is 1.57. The average Bonchev–Trinajstić information content (AvgIpc) is 3.54. The van der Waals surface area contributed by atoms with Crippen LogP contribution in [0.2, 0.25) is 0 Å². The van der Waals surface area contributed by atoms with E-state index in [4.69, 9.17) is 9.15 Å². The highest BCUT2D eigenvalue weighted by atomic mass is 32.2. The van der Waals surface area contributed by atoms with Crippen molar-refractivity contribution < 1.29 is 46.2 Å². The number of carbonyl (C=O) groups is 2. The molecule has 1 saturated heterocycles. The SMILES string of the molecule is O=C(NC(CCc1ccccc1)C(O)c1ncco1)C(CC(=O)N1CCOCC1)CS(=O)(=O)Cc1ccccc1C(O)(F)F. The van der Waals surface area contributed by atoms with E-state index in [1.807, 2.05) is 30.3 Å². The van der Waals surface area contributed by atoms with Crippen LogP contribution in [0, 0.1) is 5.92 Å². The van der Waals surface area contributed by atoms with E-state index >= 15 is 0 Å². The summed E-state index contributed by atoms with van der Waals surface area (Å²) in [6.07, 6.45) is -2.90. The van der Waals surface area contributed by atoms with Gasteiger partial charge in [-0.3, -0.25) is 9.59 Å². The van der Waals surface area contributed by atoms with Gasteiger partial charge in [-0.05, 0) is 24.0 Å². The zero-order valence-corrected chi connectivity index (χ0v) is 24.7. The van der Waals surface area contributed by atoms with Gasteiger partial charge in [-0.2, -0.15) is 8.78 Å². The standard InChI is InChI=1S/C30H35F2N3O8S/c31-30(32,39)24-9-5-4-8-22(24)19-44(40,41)20-23(18-26(36)35-13-16-42-17-14-35)28(38)34-25(27(37)29-33-12-15-43-29)11-10-21-6-2-1-3-7-21/h1-9,12,15,23,25,27,37,39H,10-11,13-14,16-20H2,(H,34,38). The maximum absolute atomic E-state index is 13.8. The number of aromatic nitrogens is 1. The first-order valence-electron chi connectivity index (χ1n) is 14.1. The molecule has 11 nitrogen and oxygen atoms in total. The number of ether oxygens (including phenoxy) is 1. The molecule has 3 aromatic rings. The predicted octanol–water partition coefficient (Wildman–Crippen LogP) is 2.35. The van der Waals surface area contributed by atoms with Crippen molar-refractivity contribution in [3.63, 3.8) is 0 Å². The molecular formula is C30H35F2N3O8S. The fourth-order valence-corrected chi connectivity index (χ4v) is 6.78. The predicted molar refractivity (Wildman–Crippen MR) is 154 cm³/mol. The number of alkyl halides is 2. The molecular weight excluding hydrogens is 600 g/mol. The van der Waals surface area contributed by atoms with Crippen LogP contribution in [0.4, 0.5) is 8.78 Å². The normalized spacial score (nSPS) is 16.2. The van der Waals surface area contributed by atoms with Crippen LogP contribution in [-0.4, -0.2) is 78.4 Å². The zero-order valence-electron chi connectivity index (χ0n) is 23.8. The molecule has 2 amide bonds. The van der Waals surface area contributed by atoms with Crippen molar-refractivity contribution in [1.82, 2.24) is 15.2 Å². The summed E-state index contributed by atoms with van der Waals surface area (Å²) in [5, 5.41) is 23.0. The molecule has 3 unspecified atom stereocenters. The third-order valence-corrected chi connectivity index (χ3v) is 8.99. The molecule has 0 aliphatic carbocycles. The fourth-order valence-electron chi connectivity index (χ4n) is 5.05. The minimum Gasteiger partial charge on any atom is -0.446 e. The molecule has 0 radical (unpaired) electrons. The Morgan fingerprint density at radius 2 is 1.75 bits per heavy atom. The van der Waals surface area contributed by atoms with E-state index in [1.54, 1.807) is 0 Å². The van der Waals surface area contributed by atoms with Crippen LogP contribution in [0.25, 0.3) is 0 Å². The zero-order chi connectivity index (χ0) is 31.7. The number of rotatable bonds is 14. The summed E-state index contributed by atoms with van der Waals surface area (Å²) in [6.45, 7) is 1.11. The highest BCUT2D eigenvalue weighted by Gasteiger charge is 2.36. The van der Waals surface area contributed by atoms with Gasteiger partial charge in [0.25, 0.3) is 0 Å². The number of aliphatic hydroxyl groups is 2. The number of sulfone groups is 1. The van der Waals surface area contributed by atoms with Crippen LogP contribution < -0.4 is 5.32 Å². The number of oxazole rings is 1. The smallest absolute Gasteiger partial charge is 0.381 e. The highest BCUT2D eigenvalue weighted by molar-refractivity contribution is 7.90. The topological polar surface area (TPSA) is 159 Å². The van der Waals surface area contributed by atoms with Gasteiger partial charge >= 0.3 is 6.11 Å². The van der Waals surface area contributed by atoms with Crippen molar-refractivity contribution in [1.29, 1.82) is 0 Å². The quantitative estimate of drug-likeness (QED) is 0.242. The summed E-state index contributed by atoms with van der Waals surface area (Å²) in [6, 6.07) is 13.0. The number of nitrogens with one attached hydrogen (secondary N) is 1. The Morgan fingerprint density at radius 3 is 2.41 bits per heavy atom. The van der Waals surface area contributed by atoms with Gasteiger partial charge in [-0.25, -0.2) is 13.4 Å². The van der Waals surface area contributed by atoms with Gasteiger partial charge in [0.05, 0.1) is 48.4 Å². The summed E-state index contributed by atoms with van der Waals surface area (Å²) in [5.41, 5.74) is -0.282. The highest BCUT2D eigenvalue weighted by Crippen LogP contribution is 2.29. The Kier molecular flexibility index (Phi) is 11.2. The van der Waals surface area contributed by atoms with E-state index in [-0.39, 0.29) is 44.2 Å². The van der Waals surface area contributed by atoms with Crippen molar-refractivity contribution >= 4 is 21.7 Å². The molecule has 1 fully saturated rings. The number of hydrogen-bond acceptors (Lipinski definition) is 9. The second-order valence-corrected chi connectivity index (χ2v) is 12.7. The van der Waals surface area contributed by atoms with Crippen molar-refractivity contribution in [2.45, 2.75) is 43.3 Å². The van der Waals surface area contributed by atoms with Gasteiger partial charge in [0.15, 0.2) is 15.9 Å². The molecule has 2 aromatic carbocycles. The number of carbonyl (C=O) groups excluding carboxylic acids is 2. The molecule has 3 atom stereocenters. The minimum absolute atomic E-state index is 0.0570. The molecule has 1 aliphatic heterocycles.